The number of para-hydroxylation sites is 1. The lowest BCUT2D eigenvalue weighted by atomic mass is 10.0. The van der Waals surface area contributed by atoms with E-state index in [9.17, 15) is 18.0 Å². The van der Waals surface area contributed by atoms with Crippen molar-refractivity contribution in [3.8, 4) is 5.69 Å². The first kappa shape index (κ1) is 21.6. The van der Waals surface area contributed by atoms with Crippen LogP contribution in [0.25, 0.3) is 5.69 Å². The molecule has 0 aliphatic carbocycles. The molecular formula is C22H23F3N4O. The lowest BCUT2D eigenvalue weighted by molar-refractivity contribution is -0.137. The number of aryl methyl sites for hydroxylation is 1. The minimum absolute atomic E-state index is 0.304. The average Bonchev–Trinajstić information content (AvgIpc) is 2.99. The van der Waals surface area contributed by atoms with Crippen LogP contribution in [0.15, 0.2) is 64.4 Å². The van der Waals surface area contributed by atoms with Crippen molar-refractivity contribution < 1.29 is 13.2 Å². The number of aliphatic imine (C=N–C) groups is 1. The summed E-state index contributed by atoms with van der Waals surface area (Å²) in [5.41, 5.74) is 1.38. The first-order valence-corrected chi connectivity index (χ1v) is 9.42. The fourth-order valence-corrected chi connectivity index (χ4v) is 3.08. The van der Waals surface area contributed by atoms with Gasteiger partial charge in [-0.3, -0.25) is 14.9 Å². The van der Waals surface area contributed by atoms with Crippen LogP contribution < -0.4 is 5.56 Å². The number of nitrogens with zero attached hydrogens (tertiary/aromatic N) is 3. The summed E-state index contributed by atoms with van der Waals surface area (Å²) in [5, 5.41) is 3.05. The summed E-state index contributed by atoms with van der Waals surface area (Å²) in [4.78, 5) is 19.7. The van der Waals surface area contributed by atoms with Gasteiger partial charge in [0.25, 0.3) is 5.56 Å². The van der Waals surface area contributed by atoms with Gasteiger partial charge in [-0.25, -0.2) is 4.68 Å². The lowest BCUT2D eigenvalue weighted by Crippen LogP contribution is -2.23. The highest BCUT2D eigenvalue weighted by Gasteiger charge is 2.30. The van der Waals surface area contributed by atoms with Gasteiger partial charge in [-0.15, -0.1) is 0 Å². The van der Waals surface area contributed by atoms with Gasteiger partial charge in [0.05, 0.1) is 29.1 Å². The van der Waals surface area contributed by atoms with Gasteiger partial charge in [-0.1, -0.05) is 30.3 Å². The molecule has 0 atom stereocenters. The van der Waals surface area contributed by atoms with Crippen molar-refractivity contribution in [1.29, 1.82) is 0 Å². The number of benzene rings is 2. The van der Waals surface area contributed by atoms with E-state index in [-0.39, 0.29) is 5.56 Å². The number of halogens is 3. The number of likely N-dealkylation sites (N-methyl/N-ethyl adjacent to an activating group) is 1. The molecule has 0 fully saturated rings. The van der Waals surface area contributed by atoms with Crippen molar-refractivity contribution in [1.82, 2.24) is 14.7 Å². The van der Waals surface area contributed by atoms with Crippen molar-refractivity contribution in [2.45, 2.75) is 13.1 Å². The highest BCUT2D eigenvalue weighted by Crippen LogP contribution is 2.29. The maximum atomic E-state index is 13.2. The molecule has 0 amide bonds. The maximum absolute atomic E-state index is 13.2. The summed E-state index contributed by atoms with van der Waals surface area (Å²) < 4.78 is 40.3. The summed E-state index contributed by atoms with van der Waals surface area (Å²) in [5.74, 6) is 0. The normalized spacial score (nSPS) is 12.6. The zero-order valence-electron chi connectivity index (χ0n) is 17.0. The molecule has 3 rings (SSSR count). The zero-order chi connectivity index (χ0) is 21.9. The molecule has 0 saturated carbocycles. The van der Waals surface area contributed by atoms with Gasteiger partial charge in [-0.2, -0.15) is 13.2 Å². The predicted octanol–water partition coefficient (Wildman–Crippen LogP) is 3.89. The van der Waals surface area contributed by atoms with Crippen LogP contribution in [0.4, 0.5) is 13.2 Å². The fraction of sp³-hybridized carbons (Fsp3) is 0.273. The largest absolute Gasteiger partial charge is 0.416 e. The van der Waals surface area contributed by atoms with E-state index in [1.165, 1.54) is 16.8 Å². The third-order valence-electron chi connectivity index (χ3n) is 4.63. The number of nitrogens with one attached hydrogen (secondary N) is 1. The zero-order valence-corrected chi connectivity index (χ0v) is 17.0. The monoisotopic (exact) mass is 416 g/mol. The van der Waals surface area contributed by atoms with E-state index in [1.54, 1.807) is 19.1 Å². The smallest absolute Gasteiger partial charge is 0.308 e. The summed E-state index contributed by atoms with van der Waals surface area (Å²) in [6.07, 6.45) is -4.43. The average molecular weight is 416 g/mol. The second kappa shape index (κ2) is 8.71. The Hall–Kier alpha value is -3.13. The van der Waals surface area contributed by atoms with E-state index in [0.717, 1.165) is 12.1 Å². The van der Waals surface area contributed by atoms with Crippen molar-refractivity contribution in [2.24, 2.45) is 4.99 Å². The van der Waals surface area contributed by atoms with E-state index in [4.69, 9.17) is 0 Å². The molecule has 1 N–H and O–H groups in total. The number of hydrogen-bond acceptors (Lipinski definition) is 3. The van der Waals surface area contributed by atoms with Gasteiger partial charge in [0.15, 0.2) is 0 Å². The van der Waals surface area contributed by atoms with Gasteiger partial charge in [0.1, 0.15) is 0 Å². The molecule has 0 saturated heterocycles. The first-order valence-electron chi connectivity index (χ1n) is 9.42. The molecule has 0 aliphatic heterocycles. The number of rotatable bonds is 6. The van der Waals surface area contributed by atoms with Crippen LogP contribution in [-0.4, -0.2) is 47.6 Å². The van der Waals surface area contributed by atoms with E-state index in [1.807, 2.05) is 37.2 Å². The summed E-state index contributed by atoms with van der Waals surface area (Å²) >= 11 is 0. The number of aromatic nitrogens is 2. The minimum Gasteiger partial charge on any atom is -0.308 e. The number of alkyl halides is 3. The lowest BCUT2D eigenvalue weighted by Gasteiger charge is -2.11. The predicted molar refractivity (Wildman–Crippen MR) is 112 cm³/mol. The van der Waals surface area contributed by atoms with Gasteiger partial charge in [0, 0.05) is 17.8 Å². The standard InChI is InChI=1S/C22H23F3N4O/c1-15-19(21(30)29(27-15)18-7-5-4-6-8-18)20(26-13-14-28(2)3)16-9-11-17(12-10-16)22(23,24)25/h4-12,27H,13-14H2,1-3H3. The summed E-state index contributed by atoms with van der Waals surface area (Å²) in [6.45, 7) is 2.79. The Morgan fingerprint density at radius 1 is 1.07 bits per heavy atom. The highest BCUT2D eigenvalue weighted by atomic mass is 19.4. The fourth-order valence-electron chi connectivity index (χ4n) is 3.08. The molecule has 0 aliphatic rings. The molecule has 1 aromatic heterocycles. The Balaban J connectivity index is 2.10. The molecule has 1 heterocycles. The van der Waals surface area contributed by atoms with Gasteiger partial charge < -0.3 is 4.90 Å². The Bertz CT molecular complexity index is 1080. The molecule has 0 radical (unpaired) electrons. The summed E-state index contributed by atoms with van der Waals surface area (Å²) in [6, 6.07) is 13.8. The molecule has 5 nitrogen and oxygen atoms in total. The number of H-pyrrole nitrogens is 1. The van der Waals surface area contributed by atoms with Crippen LogP contribution in [0.1, 0.15) is 22.4 Å². The molecular weight excluding hydrogens is 393 g/mol. The second-order valence-corrected chi connectivity index (χ2v) is 7.20. The van der Waals surface area contributed by atoms with Crippen LogP contribution >= 0.6 is 0 Å². The highest BCUT2D eigenvalue weighted by molar-refractivity contribution is 6.13. The third kappa shape index (κ3) is 4.71. The van der Waals surface area contributed by atoms with Gasteiger partial charge >= 0.3 is 6.18 Å². The van der Waals surface area contributed by atoms with Crippen molar-refractivity contribution in [3.63, 3.8) is 0 Å². The molecule has 8 heteroatoms. The molecule has 30 heavy (non-hydrogen) atoms. The molecule has 0 bridgehead atoms. The Morgan fingerprint density at radius 2 is 1.70 bits per heavy atom. The van der Waals surface area contributed by atoms with Crippen LogP contribution in [-0.2, 0) is 6.18 Å². The van der Waals surface area contributed by atoms with Gasteiger partial charge in [0.2, 0.25) is 0 Å². The molecule has 158 valence electrons. The number of aromatic amines is 1. The van der Waals surface area contributed by atoms with Crippen LogP contribution in [0.3, 0.4) is 0 Å². The Labute approximate surface area is 172 Å². The Kier molecular flexibility index (Phi) is 6.26. The topological polar surface area (TPSA) is 53.4 Å². The van der Waals surface area contributed by atoms with E-state index >= 15 is 0 Å². The molecule has 3 aromatic rings. The van der Waals surface area contributed by atoms with Crippen molar-refractivity contribution in [3.05, 3.63) is 87.3 Å². The van der Waals surface area contributed by atoms with Gasteiger partial charge in [-0.05, 0) is 45.3 Å². The quantitative estimate of drug-likeness (QED) is 0.620. The van der Waals surface area contributed by atoms with Crippen LogP contribution in [0.5, 0.6) is 0 Å². The maximum Gasteiger partial charge on any atom is 0.416 e. The third-order valence-corrected chi connectivity index (χ3v) is 4.63. The van der Waals surface area contributed by atoms with Crippen LogP contribution in [0, 0.1) is 6.92 Å². The van der Waals surface area contributed by atoms with E-state index in [2.05, 4.69) is 10.1 Å². The van der Waals surface area contributed by atoms with Crippen molar-refractivity contribution >= 4 is 5.71 Å². The molecule has 2 aromatic carbocycles. The number of hydrogen-bond donors (Lipinski definition) is 1. The minimum atomic E-state index is -4.43. The molecule has 0 unspecified atom stereocenters. The van der Waals surface area contributed by atoms with Crippen molar-refractivity contribution in [2.75, 3.05) is 27.2 Å². The van der Waals surface area contributed by atoms with Crippen LogP contribution in [0.2, 0.25) is 0 Å². The van der Waals surface area contributed by atoms with E-state index in [0.29, 0.717) is 41.3 Å². The SMILES string of the molecule is Cc1[nH]n(-c2ccccc2)c(=O)c1C(=NCCN(C)C)c1ccc(C(F)(F)F)cc1. The second-order valence-electron chi connectivity index (χ2n) is 7.20. The first-order chi connectivity index (χ1) is 14.2. The van der Waals surface area contributed by atoms with E-state index < -0.39 is 11.7 Å². The molecule has 0 spiro atoms. The summed E-state index contributed by atoms with van der Waals surface area (Å²) in [7, 11) is 3.80. The Morgan fingerprint density at radius 3 is 2.27 bits per heavy atom.